The lowest BCUT2D eigenvalue weighted by atomic mass is 9.96. The minimum Gasteiger partial charge on any atom is -0.491 e. The second kappa shape index (κ2) is 8.75. The summed E-state index contributed by atoms with van der Waals surface area (Å²) < 4.78 is 6.89. The van der Waals surface area contributed by atoms with Gasteiger partial charge in [-0.1, -0.05) is 17.7 Å². The Kier molecular flexibility index (Phi) is 6.36. The van der Waals surface area contributed by atoms with E-state index in [1.165, 1.54) is 10.7 Å². The van der Waals surface area contributed by atoms with Crippen LogP contribution in [0.25, 0.3) is 0 Å². The summed E-state index contributed by atoms with van der Waals surface area (Å²) in [5.74, 6) is 0.420. The van der Waals surface area contributed by atoms with E-state index in [9.17, 15) is 14.7 Å². The molecule has 2 aromatic rings. The average molecular weight is 406 g/mol. The number of carbonyl (C=O) groups is 1. The maximum absolute atomic E-state index is 12.6. The maximum atomic E-state index is 12.6. The number of amides is 1. The van der Waals surface area contributed by atoms with Crippen molar-refractivity contribution in [2.75, 3.05) is 19.7 Å². The Hall–Kier alpha value is -2.38. The van der Waals surface area contributed by atoms with E-state index >= 15 is 0 Å². The van der Waals surface area contributed by atoms with Crippen molar-refractivity contribution >= 4 is 17.5 Å². The van der Waals surface area contributed by atoms with E-state index < -0.39 is 5.60 Å². The van der Waals surface area contributed by atoms with Gasteiger partial charge in [0.05, 0.1) is 5.69 Å². The molecule has 8 heteroatoms. The second-order valence-corrected chi connectivity index (χ2v) is 7.61. The zero-order chi connectivity index (χ0) is 20.1. The number of hydrogen-bond donors (Lipinski definition) is 1. The molecule has 1 saturated heterocycles. The van der Waals surface area contributed by atoms with Gasteiger partial charge in [0.1, 0.15) is 24.5 Å². The number of nitrogens with zero attached hydrogens (tertiary/aromatic N) is 3. The number of aliphatic hydroxyl groups is 1. The summed E-state index contributed by atoms with van der Waals surface area (Å²) in [7, 11) is 0. The van der Waals surface area contributed by atoms with E-state index in [1.807, 2.05) is 0 Å². The predicted octanol–water partition coefficient (Wildman–Crippen LogP) is 2.03. The van der Waals surface area contributed by atoms with Gasteiger partial charge < -0.3 is 14.7 Å². The Labute approximate surface area is 168 Å². The quantitative estimate of drug-likeness (QED) is 0.822. The van der Waals surface area contributed by atoms with Crippen LogP contribution in [-0.4, -0.2) is 51.0 Å². The molecule has 150 valence electrons. The van der Waals surface area contributed by atoms with Gasteiger partial charge in [-0.3, -0.25) is 9.59 Å². The highest BCUT2D eigenvalue weighted by atomic mass is 35.5. The van der Waals surface area contributed by atoms with Gasteiger partial charge in [-0.15, -0.1) is 0 Å². The van der Waals surface area contributed by atoms with Crippen LogP contribution in [0.15, 0.2) is 41.2 Å². The van der Waals surface area contributed by atoms with Crippen molar-refractivity contribution in [2.24, 2.45) is 0 Å². The SMILES string of the molecule is Cc1ccc(=O)n(CC(=O)N2CCCC(O)(COc3cccc(Cl)c3)CC2)n1. The first-order chi connectivity index (χ1) is 13.3. The van der Waals surface area contributed by atoms with Crippen LogP contribution in [0.3, 0.4) is 0 Å². The molecule has 0 saturated carbocycles. The highest BCUT2D eigenvalue weighted by Gasteiger charge is 2.32. The zero-order valence-corrected chi connectivity index (χ0v) is 16.6. The molecule has 28 heavy (non-hydrogen) atoms. The molecule has 1 aliphatic rings. The summed E-state index contributed by atoms with van der Waals surface area (Å²) in [6.45, 7) is 2.73. The molecule has 1 unspecified atom stereocenters. The molecule has 0 aliphatic carbocycles. The molecule has 7 nitrogen and oxygen atoms in total. The molecule has 0 radical (unpaired) electrons. The van der Waals surface area contributed by atoms with Crippen LogP contribution in [0.4, 0.5) is 0 Å². The Morgan fingerprint density at radius 1 is 1.29 bits per heavy atom. The fourth-order valence-corrected chi connectivity index (χ4v) is 3.42. The minimum atomic E-state index is -1.02. The Bertz CT molecular complexity index is 901. The lowest BCUT2D eigenvalue weighted by Gasteiger charge is -2.27. The lowest BCUT2D eigenvalue weighted by molar-refractivity contribution is -0.132. The second-order valence-electron chi connectivity index (χ2n) is 7.18. The number of aromatic nitrogens is 2. The van der Waals surface area contributed by atoms with E-state index in [0.717, 1.165) is 0 Å². The number of ether oxygens (including phenoxy) is 1. The minimum absolute atomic E-state index is 0.0992. The standard InChI is InChI=1S/C20H24ClN3O4/c1-15-6-7-18(25)24(22-15)13-19(26)23-10-3-8-20(27,9-11-23)14-28-17-5-2-4-16(21)12-17/h2,4-7,12,27H,3,8-11,13-14H2,1H3. The summed E-state index contributed by atoms with van der Waals surface area (Å²) in [6.07, 6.45) is 1.58. The van der Waals surface area contributed by atoms with Gasteiger partial charge in [0, 0.05) is 24.2 Å². The van der Waals surface area contributed by atoms with Crippen LogP contribution in [0, 0.1) is 6.92 Å². The molecule has 1 fully saturated rings. The van der Waals surface area contributed by atoms with Crippen LogP contribution in [-0.2, 0) is 11.3 Å². The molecule has 1 aliphatic heterocycles. The topological polar surface area (TPSA) is 84.7 Å². The van der Waals surface area contributed by atoms with Crippen molar-refractivity contribution < 1.29 is 14.6 Å². The van der Waals surface area contributed by atoms with Gasteiger partial charge >= 0.3 is 0 Å². The number of rotatable bonds is 5. The van der Waals surface area contributed by atoms with Gasteiger partial charge in [0.2, 0.25) is 5.91 Å². The molecular formula is C20H24ClN3O4. The first kappa shape index (κ1) is 20.4. The third-order valence-electron chi connectivity index (χ3n) is 4.86. The van der Waals surface area contributed by atoms with Crippen molar-refractivity contribution in [3.05, 3.63) is 57.5 Å². The summed E-state index contributed by atoms with van der Waals surface area (Å²) >= 11 is 5.95. The van der Waals surface area contributed by atoms with Gasteiger partial charge in [-0.25, -0.2) is 4.68 Å². The first-order valence-corrected chi connectivity index (χ1v) is 9.66. The third-order valence-corrected chi connectivity index (χ3v) is 5.09. The zero-order valence-electron chi connectivity index (χ0n) is 15.8. The normalized spacial score (nSPS) is 19.9. The molecular weight excluding hydrogens is 382 g/mol. The van der Waals surface area contributed by atoms with Crippen molar-refractivity contribution in [3.63, 3.8) is 0 Å². The van der Waals surface area contributed by atoms with Crippen molar-refractivity contribution in [3.8, 4) is 5.75 Å². The fraction of sp³-hybridized carbons (Fsp3) is 0.450. The summed E-state index contributed by atoms with van der Waals surface area (Å²) in [6, 6.07) is 10.1. The van der Waals surface area contributed by atoms with Crippen molar-refractivity contribution in [1.82, 2.24) is 14.7 Å². The van der Waals surface area contributed by atoms with Crippen LogP contribution in [0.1, 0.15) is 25.0 Å². The van der Waals surface area contributed by atoms with E-state index in [2.05, 4.69) is 5.10 Å². The van der Waals surface area contributed by atoms with E-state index in [4.69, 9.17) is 16.3 Å². The van der Waals surface area contributed by atoms with Gasteiger partial charge in [-0.05, 0) is 50.5 Å². The van der Waals surface area contributed by atoms with Crippen LogP contribution in [0.5, 0.6) is 5.75 Å². The van der Waals surface area contributed by atoms with E-state index in [-0.39, 0.29) is 24.6 Å². The molecule has 1 aromatic carbocycles. The summed E-state index contributed by atoms with van der Waals surface area (Å²) in [5.41, 5.74) is -0.647. The number of carbonyl (C=O) groups excluding carboxylic acids is 1. The highest BCUT2D eigenvalue weighted by molar-refractivity contribution is 6.30. The monoisotopic (exact) mass is 405 g/mol. The van der Waals surface area contributed by atoms with Crippen LogP contribution >= 0.6 is 11.6 Å². The molecule has 1 N–H and O–H groups in total. The summed E-state index contributed by atoms with van der Waals surface area (Å²) in [4.78, 5) is 26.2. The van der Waals surface area contributed by atoms with Crippen molar-refractivity contribution in [1.29, 1.82) is 0 Å². The van der Waals surface area contributed by atoms with Gasteiger partial charge in [-0.2, -0.15) is 5.10 Å². The maximum Gasteiger partial charge on any atom is 0.267 e. The number of likely N-dealkylation sites (tertiary alicyclic amines) is 1. The van der Waals surface area contributed by atoms with Crippen LogP contribution < -0.4 is 10.3 Å². The number of benzene rings is 1. The Balaban J connectivity index is 1.58. The van der Waals surface area contributed by atoms with Crippen molar-refractivity contribution in [2.45, 2.75) is 38.3 Å². The first-order valence-electron chi connectivity index (χ1n) is 9.28. The van der Waals surface area contributed by atoms with Crippen LogP contribution in [0.2, 0.25) is 5.02 Å². The van der Waals surface area contributed by atoms with E-state index in [0.29, 0.717) is 48.8 Å². The lowest BCUT2D eigenvalue weighted by Crippen LogP contribution is -2.40. The Morgan fingerprint density at radius 3 is 2.89 bits per heavy atom. The third kappa shape index (κ3) is 5.33. The molecule has 1 amide bonds. The fourth-order valence-electron chi connectivity index (χ4n) is 3.24. The molecule has 0 spiro atoms. The average Bonchev–Trinajstić information content (AvgIpc) is 2.85. The molecule has 2 heterocycles. The van der Waals surface area contributed by atoms with Gasteiger partial charge in [0.25, 0.3) is 5.56 Å². The summed E-state index contributed by atoms with van der Waals surface area (Å²) in [5, 5.41) is 15.6. The molecule has 1 aromatic heterocycles. The number of aryl methyl sites for hydroxylation is 1. The molecule has 0 bridgehead atoms. The smallest absolute Gasteiger partial charge is 0.267 e. The molecule has 1 atom stereocenters. The highest BCUT2D eigenvalue weighted by Crippen LogP contribution is 2.25. The van der Waals surface area contributed by atoms with Gasteiger partial charge in [0.15, 0.2) is 0 Å². The Morgan fingerprint density at radius 2 is 2.11 bits per heavy atom. The predicted molar refractivity (Wildman–Crippen MR) is 106 cm³/mol. The van der Waals surface area contributed by atoms with E-state index in [1.54, 1.807) is 42.2 Å². The molecule has 3 rings (SSSR count). The largest absolute Gasteiger partial charge is 0.491 e. The number of halogens is 1. The number of hydrogen-bond acceptors (Lipinski definition) is 5.